The first-order valence-electron chi connectivity index (χ1n) is 9.36. The van der Waals surface area contributed by atoms with Gasteiger partial charge >= 0.3 is 0 Å². The molecule has 4 rings (SSSR count). The van der Waals surface area contributed by atoms with Crippen LogP contribution < -0.4 is 11.1 Å². The van der Waals surface area contributed by atoms with Gasteiger partial charge in [-0.2, -0.15) is 5.10 Å². The minimum Gasteiger partial charge on any atom is -0.390 e. The van der Waals surface area contributed by atoms with E-state index in [9.17, 15) is 19.4 Å². The molecule has 1 aliphatic heterocycles. The number of nitrogens with one attached hydrogen (secondary N) is 1. The lowest BCUT2D eigenvalue weighted by atomic mass is 9.77. The van der Waals surface area contributed by atoms with Crippen molar-refractivity contribution in [2.24, 2.45) is 7.05 Å². The Balaban J connectivity index is 0.000000162. The van der Waals surface area contributed by atoms with Gasteiger partial charge in [-0.15, -0.1) is 0 Å². The van der Waals surface area contributed by atoms with Crippen LogP contribution in [0, 0.1) is 12.7 Å². The highest BCUT2D eigenvalue weighted by Crippen LogP contribution is 2.38. The number of aromatic nitrogens is 2. The van der Waals surface area contributed by atoms with E-state index in [1.165, 1.54) is 16.8 Å². The molecule has 1 aromatic carbocycles. The SMILES string of the molecule is Cc1cc(F)cc2c1NCCC2(C)C=O.Cn1nc2c(c1N)C(O)C(O)CC2. The summed E-state index contributed by atoms with van der Waals surface area (Å²) in [5.41, 5.74) is 9.11. The number of aliphatic hydroxyl groups excluding tert-OH is 2. The van der Waals surface area contributed by atoms with Gasteiger partial charge in [0, 0.05) is 24.8 Å². The Bertz CT molecular complexity index is 898. The Morgan fingerprint density at radius 1 is 1.43 bits per heavy atom. The number of halogens is 1. The van der Waals surface area contributed by atoms with Crippen LogP contribution in [0.3, 0.4) is 0 Å². The molecule has 0 saturated heterocycles. The predicted octanol–water partition coefficient (Wildman–Crippen LogP) is 1.75. The lowest BCUT2D eigenvalue weighted by molar-refractivity contribution is -0.112. The molecule has 2 aromatic rings. The fourth-order valence-electron chi connectivity index (χ4n) is 3.89. The average Bonchev–Trinajstić information content (AvgIpc) is 2.95. The number of anilines is 2. The molecular formula is C20H27FN4O3. The third-order valence-corrected chi connectivity index (χ3v) is 5.67. The van der Waals surface area contributed by atoms with E-state index in [1.807, 2.05) is 13.8 Å². The van der Waals surface area contributed by atoms with Crippen molar-refractivity contribution in [3.05, 3.63) is 40.3 Å². The van der Waals surface area contributed by atoms with Crippen LogP contribution in [0.15, 0.2) is 12.1 Å². The number of nitrogens with zero attached hydrogens (tertiary/aromatic N) is 2. The van der Waals surface area contributed by atoms with Gasteiger partial charge < -0.3 is 26.1 Å². The number of rotatable bonds is 1. The molecular weight excluding hydrogens is 363 g/mol. The van der Waals surface area contributed by atoms with Crippen molar-refractivity contribution >= 4 is 17.8 Å². The van der Waals surface area contributed by atoms with Crippen LogP contribution in [0.1, 0.15) is 48.3 Å². The normalized spacial score (nSPS) is 25.6. The number of carbonyl (C=O) groups excluding carboxylic acids is 1. The standard InChI is InChI=1S/C12H14FNO.C8H13N3O2/c1-8-5-9(13)6-10-11(8)14-4-3-12(10,2)7-15;1-11-8(9)6-4(10-11)2-3-5(12)7(6)13/h5-7,14H,3-4H2,1-2H3;5,7,12-13H,2-3,9H2,1H3. The van der Waals surface area contributed by atoms with Gasteiger partial charge in [-0.25, -0.2) is 4.39 Å². The molecule has 28 heavy (non-hydrogen) atoms. The minimum atomic E-state index is -0.877. The van der Waals surface area contributed by atoms with Gasteiger partial charge in [-0.3, -0.25) is 4.68 Å². The van der Waals surface area contributed by atoms with E-state index < -0.39 is 17.6 Å². The van der Waals surface area contributed by atoms with Crippen molar-refractivity contribution in [2.75, 3.05) is 17.6 Å². The summed E-state index contributed by atoms with van der Waals surface area (Å²) in [6.07, 6.45) is 1.28. The Morgan fingerprint density at radius 3 is 2.82 bits per heavy atom. The van der Waals surface area contributed by atoms with Crippen LogP contribution >= 0.6 is 0 Å². The highest BCUT2D eigenvalue weighted by molar-refractivity contribution is 5.76. The third-order valence-electron chi connectivity index (χ3n) is 5.67. The van der Waals surface area contributed by atoms with E-state index in [0.29, 0.717) is 30.6 Å². The lowest BCUT2D eigenvalue weighted by Crippen LogP contribution is -2.33. The highest BCUT2D eigenvalue weighted by Gasteiger charge is 2.33. The summed E-state index contributed by atoms with van der Waals surface area (Å²) in [7, 11) is 1.73. The monoisotopic (exact) mass is 390 g/mol. The zero-order valence-corrected chi connectivity index (χ0v) is 16.4. The smallest absolute Gasteiger partial charge is 0.130 e. The number of benzene rings is 1. The first-order valence-corrected chi connectivity index (χ1v) is 9.36. The molecule has 152 valence electrons. The van der Waals surface area contributed by atoms with Crippen molar-refractivity contribution in [3.63, 3.8) is 0 Å². The first kappa shape index (κ1) is 20.3. The summed E-state index contributed by atoms with van der Waals surface area (Å²) in [5.74, 6) is 0.171. The number of nitrogens with two attached hydrogens (primary N) is 1. The summed E-state index contributed by atoms with van der Waals surface area (Å²) in [5, 5.41) is 26.4. The third kappa shape index (κ3) is 3.49. The van der Waals surface area contributed by atoms with E-state index in [-0.39, 0.29) is 5.82 Å². The fraction of sp³-hybridized carbons (Fsp3) is 0.500. The van der Waals surface area contributed by atoms with Gasteiger partial charge in [0.25, 0.3) is 0 Å². The Kier molecular flexibility index (Phi) is 5.45. The highest BCUT2D eigenvalue weighted by atomic mass is 19.1. The molecule has 1 aromatic heterocycles. The number of carbonyl (C=O) groups is 1. The van der Waals surface area contributed by atoms with Gasteiger partial charge in [0.05, 0.1) is 17.2 Å². The van der Waals surface area contributed by atoms with E-state index in [2.05, 4.69) is 10.4 Å². The molecule has 5 N–H and O–H groups in total. The molecule has 1 aliphatic carbocycles. The molecule has 0 spiro atoms. The van der Waals surface area contributed by atoms with E-state index in [1.54, 1.807) is 7.05 Å². The molecule has 0 saturated carbocycles. The minimum absolute atomic E-state index is 0.275. The van der Waals surface area contributed by atoms with E-state index in [0.717, 1.165) is 35.3 Å². The van der Waals surface area contributed by atoms with Crippen LogP contribution in [0.5, 0.6) is 0 Å². The lowest BCUT2D eigenvalue weighted by Gasteiger charge is -2.32. The molecule has 0 amide bonds. The summed E-state index contributed by atoms with van der Waals surface area (Å²) in [6.45, 7) is 4.47. The molecule has 2 heterocycles. The second kappa shape index (κ2) is 7.52. The zero-order valence-electron chi connectivity index (χ0n) is 16.4. The molecule has 0 radical (unpaired) electrons. The maximum absolute atomic E-state index is 13.3. The molecule has 2 aliphatic rings. The molecule has 0 bridgehead atoms. The Morgan fingerprint density at radius 2 is 2.14 bits per heavy atom. The average molecular weight is 390 g/mol. The molecule has 7 nitrogen and oxygen atoms in total. The Labute approximate surface area is 163 Å². The van der Waals surface area contributed by atoms with Gasteiger partial charge in [0.1, 0.15) is 24.0 Å². The summed E-state index contributed by atoms with van der Waals surface area (Å²) in [4.78, 5) is 11.1. The van der Waals surface area contributed by atoms with Crippen LogP contribution in [0.25, 0.3) is 0 Å². The number of aliphatic hydroxyl groups is 2. The molecule has 3 atom stereocenters. The van der Waals surface area contributed by atoms with Crippen molar-refractivity contribution in [2.45, 2.75) is 50.7 Å². The maximum Gasteiger partial charge on any atom is 0.130 e. The number of aldehydes is 1. The van der Waals surface area contributed by atoms with Crippen molar-refractivity contribution in [3.8, 4) is 0 Å². The van der Waals surface area contributed by atoms with Gasteiger partial charge in [0.15, 0.2) is 0 Å². The quantitative estimate of drug-likeness (QED) is 0.552. The van der Waals surface area contributed by atoms with E-state index in [4.69, 9.17) is 5.73 Å². The van der Waals surface area contributed by atoms with Crippen molar-refractivity contribution < 1.29 is 19.4 Å². The molecule has 3 unspecified atom stereocenters. The Hall–Kier alpha value is -2.45. The number of nitrogen functional groups attached to an aromatic ring is 1. The van der Waals surface area contributed by atoms with Crippen LogP contribution in [-0.2, 0) is 23.7 Å². The number of aryl methyl sites for hydroxylation is 3. The van der Waals surface area contributed by atoms with Crippen LogP contribution in [0.4, 0.5) is 15.9 Å². The number of hydrogen-bond acceptors (Lipinski definition) is 6. The first-order chi connectivity index (χ1) is 13.2. The maximum atomic E-state index is 13.3. The van der Waals surface area contributed by atoms with E-state index >= 15 is 0 Å². The van der Waals surface area contributed by atoms with Gasteiger partial charge in [-0.1, -0.05) is 0 Å². The van der Waals surface area contributed by atoms with Crippen molar-refractivity contribution in [1.29, 1.82) is 0 Å². The fourth-order valence-corrected chi connectivity index (χ4v) is 3.89. The van der Waals surface area contributed by atoms with Crippen LogP contribution in [0.2, 0.25) is 0 Å². The van der Waals surface area contributed by atoms with Gasteiger partial charge in [-0.05, 0) is 56.4 Å². The predicted molar refractivity (Wildman–Crippen MR) is 105 cm³/mol. The largest absolute Gasteiger partial charge is 0.390 e. The summed E-state index contributed by atoms with van der Waals surface area (Å²) in [6, 6.07) is 2.95. The molecule has 8 heteroatoms. The van der Waals surface area contributed by atoms with Crippen LogP contribution in [-0.4, -0.2) is 38.9 Å². The summed E-state index contributed by atoms with van der Waals surface area (Å²) >= 11 is 0. The topological polar surface area (TPSA) is 113 Å². The summed E-state index contributed by atoms with van der Waals surface area (Å²) < 4.78 is 14.8. The zero-order chi connectivity index (χ0) is 20.6. The van der Waals surface area contributed by atoms with Gasteiger partial charge in [0.2, 0.25) is 0 Å². The van der Waals surface area contributed by atoms with Crippen molar-refractivity contribution in [1.82, 2.24) is 9.78 Å². The number of hydrogen-bond donors (Lipinski definition) is 4. The second-order valence-electron chi connectivity index (χ2n) is 7.78. The second-order valence-corrected chi connectivity index (χ2v) is 7.78. The molecule has 0 fully saturated rings. The number of fused-ring (bicyclic) bond motifs is 2.